The zero-order valence-corrected chi connectivity index (χ0v) is 4.76. The summed E-state index contributed by atoms with van der Waals surface area (Å²) < 4.78 is 0. The summed E-state index contributed by atoms with van der Waals surface area (Å²) in [5.41, 5.74) is 0. The Hall–Kier alpha value is -1.12. The topological polar surface area (TPSA) is 54.4 Å². The summed E-state index contributed by atoms with van der Waals surface area (Å²) in [5.74, 6) is -0.862. The van der Waals surface area contributed by atoms with Gasteiger partial charge in [0.15, 0.2) is 5.76 Å². The number of aliphatic hydroxyl groups is 1. The number of ketones is 2. The normalized spacial score (nSPS) is 19.8. The van der Waals surface area contributed by atoms with Gasteiger partial charge in [0.25, 0.3) is 0 Å². The van der Waals surface area contributed by atoms with Gasteiger partial charge in [-0.05, 0) is 6.08 Å². The summed E-state index contributed by atoms with van der Waals surface area (Å²) in [6, 6.07) is 0. The first-order valence-corrected chi connectivity index (χ1v) is 2.64. The minimum Gasteiger partial charge on any atom is -0.505 e. The molecule has 0 unspecified atom stereocenters. The van der Waals surface area contributed by atoms with Gasteiger partial charge in [0.1, 0.15) is 5.78 Å². The van der Waals surface area contributed by atoms with E-state index in [1.54, 1.807) is 0 Å². The first-order valence-electron chi connectivity index (χ1n) is 2.64. The van der Waals surface area contributed by atoms with Crippen LogP contribution in [0.4, 0.5) is 0 Å². The summed E-state index contributed by atoms with van der Waals surface area (Å²) in [6.45, 7) is 0. The lowest BCUT2D eigenvalue weighted by atomic mass is 10.0. The number of allylic oxidation sites excluding steroid dienone is 2. The summed E-state index contributed by atoms with van der Waals surface area (Å²) >= 11 is 0. The van der Waals surface area contributed by atoms with Crippen molar-refractivity contribution in [1.82, 2.24) is 0 Å². The first-order chi connectivity index (χ1) is 4.20. The van der Waals surface area contributed by atoms with Crippen molar-refractivity contribution in [1.29, 1.82) is 0 Å². The molecule has 0 saturated heterocycles. The first kappa shape index (κ1) is 6.01. The van der Waals surface area contributed by atoms with Crippen LogP contribution < -0.4 is 0 Å². The molecule has 3 nitrogen and oxygen atoms in total. The fourth-order valence-corrected chi connectivity index (χ4v) is 0.666. The molecule has 0 aromatic heterocycles. The zero-order chi connectivity index (χ0) is 6.85. The third-order valence-electron chi connectivity index (χ3n) is 1.17. The Morgan fingerprint density at radius 1 is 1.44 bits per heavy atom. The minimum atomic E-state index is -0.466. The summed E-state index contributed by atoms with van der Waals surface area (Å²) in [7, 11) is 0. The van der Waals surface area contributed by atoms with Crippen LogP contribution in [-0.2, 0) is 9.59 Å². The molecule has 0 saturated carbocycles. The Morgan fingerprint density at radius 2 is 2.11 bits per heavy atom. The number of carbonyl (C=O) groups excluding carboxylic acids is 2. The third kappa shape index (κ3) is 1.16. The monoisotopic (exact) mass is 126 g/mol. The molecule has 1 aliphatic rings. The van der Waals surface area contributed by atoms with Crippen molar-refractivity contribution in [2.24, 2.45) is 0 Å². The van der Waals surface area contributed by atoms with Crippen LogP contribution in [0.2, 0.25) is 0 Å². The van der Waals surface area contributed by atoms with E-state index in [1.165, 1.54) is 6.08 Å². The van der Waals surface area contributed by atoms with Gasteiger partial charge in [0.05, 0.1) is 6.42 Å². The van der Waals surface area contributed by atoms with Crippen molar-refractivity contribution >= 4 is 11.6 Å². The Labute approximate surface area is 52.0 Å². The smallest absolute Gasteiger partial charge is 0.204 e. The van der Waals surface area contributed by atoms with Gasteiger partial charge in [-0.3, -0.25) is 9.59 Å². The highest BCUT2D eigenvalue weighted by Crippen LogP contribution is 2.07. The van der Waals surface area contributed by atoms with Crippen LogP contribution in [0.1, 0.15) is 12.8 Å². The molecule has 0 radical (unpaired) electrons. The molecule has 0 atom stereocenters. The summed E-state index contributed by atoms with van der Waals surface area (Å²) in [4.78, 5) is 20.9. The molecule has 0 aromatic carbocycles. The summed E-state index contributed by atoms with van der Waals surface area (Å²) in [5, 5.41) is 8.65. The second kappa shape index (κ2) is 2.01. The summed E-state index contributed by atoms with van der Waals surface area (Å²) in [6.07, 6.45) is 1.30. The Balaban J connectivity index is 2.79. The number of rotatable bonds is 0. The standard InChI is InChI=1S/C6H6O3/c7-4-1-2-5(8)6(9)3-4/h2,8H,1,3H2. The predicted octanol–water partition coefficient (Wildman–Crippen LogP) is 0.360. The van der Waals surface area contributed by atoms with Crippen molar-refractivity contribution < 1.29 is 14.7 Å². The third-order valence-corrected chi connectivity index (χ3v) is 1.17. The second-order valence-corrected chi connectivity index (χ2v) is 1.93. The molecule has 0 bridgehead atoms. The molecule has 1 N–H and O–H groups in total. The molecule has 9 heavy (non-hydrogen) atoms. The maximum absolute atomic E-state index is 10.5. The van der Waals surface area contributed by atoms with Crippen LogP contribution >= 0.6 is 0 Å². The molecule has 3 heteroatoms. The van der Waals surface area contributed by atoms with E-state index in [2.05, 4.69) is 0 Å². The Morgan fingerprint density at radius 3 is 2.56 bits per heavy atom. The molecule has 1 aliphatic carbocycles. The SMILES string of the molecule is O=C1CC=C(O)C(=O)C1. The second-order valence-electron chi connectivity index (χ2n) is 1.93. The molecule has 0 aromatic rings. The fourth-order valence-electron chi connectivity index (χ4n) is 0.666. The predicted molar refractivity (Wildman–Crippen MR) is 30.0 cm³/mol. The van der Waals surface area contributed by atoms with Crippen molar-refractivity contribution in [3.05, 3.63) is 11.8 Å². The lowest BCUT2D eigenvalue weighted by Crippen LogP contribution is -2.14. The van der Waals surface area contributed by atoms with E-state index in [0.717, 1.165) is 0 Å². The van der Waals surface area contributed by atoms with Crippen LogP contribution in [0.5, 0.6) is 0 Å². The van der Waals surface area contributed by atoms with Gasteiger partial charge in [0.2, 0.25) is 5.78 Å². The number of carbonyl (C=O) groups is 2. The maximum Gasteiger partial charge on any atom is 0.204 e. The van der Waals surface area contributed by atoms with Crippen LogP contribution in [0, 0.1) is 0 Å². The number of hydrogen-bond acceptors (Lipinski definition) is 3. The molecule has 0 aliphatic heterocycles. The van der Waals surface area contributed by atoms with Crippen LogP contribution in [-0.4, -0.2) is 16.7 Å². The quantitative estimate of drug-likeness (QED) is 0.477. The van der Waals surface area contributed by atoms with Crippen LogP contribution in [0.25, 0.3) is 0 Å². The van der Waals surface area contributed by atoms with Crippen LogP contribution in [0.15, 0.2) is 11.8 Å². The minimum absolute atomic E-state index is 0.127. The van der Waals surface area contributed by atoms with E-state index < -0.39 is 5.78 Å². The molecular weight excluding hydrogens is 120 g/mol. The lowest BCUT2D eigenvalue weighted by molar-refractivity contribution is -0.127. The molecule has 0 fully saturated rings. The van der Waals surface area contributed by atoms with Gasteiger partial charge in [-0.2, -0.15) is 0 Å². The number of Topliss-reactive ketones (excluding diaryl/α,β-unsaturated/α-hetero) is 2. The van der Waals surface area contributed by atoms with Gasteiger partial charge >= 0.3 is 0 Å². The number of aliphatic hydroxyl groups excluding tert-OH is 1. The lowest BCUT2D eigenvalue weighted by Gasteiger charge is -2.02. The number of hydrogen-bond donors (Lipinski definition) is 1. The van der Waals surface area contributed by atoms with E-state index >= 15 is 0 Å². The molecular formula is C6H6O3. The molecule has 1 rings (SSSR count). The van der Waals surface area contributed by atoms with E-state index in [-0.39, 0.29) is 24.4 Å². The largest absolute Gasteiger partial charge is 0.505 e. The van der Waals surface area contributed by atoms with Crippen molar-refractivity contribution in [3.8, 4) is 0 Å². The Bertz CT molecular complexity index is 190. The average Bonchev–Trinajstić information content (AvgIpc) is 1.80. The highest BCUT2D eigenvalue weighted by Gasteiger charge is 2.17. The van der Waals surface area contributed by atoms with Crippen LogP contribution in [0.3, 0.4) is 0 Å². The van der Waals surface area contributed by atoms with Crippen molar-refractivity contribution in [3.63, 3.8) is 0 Å². The van der Waals surface area contributed by atoms with Crippen molar-refractivity contribution in [2.45, 2.75) is 12.8 Å². The highest BCUT2D eigenvalue weighted by atomic mass is 16.3. The van der Waals surface area contributed by atoms with Gasteiger partial charge in [0, 0.05) is 6.42 Å². The van der Waals surface area contributed by atoms with Gasteiger partial charge < -0.3 is 5.11 Å². The van der Waals surface area contributed by atoms with Crippen molar-refractivity contribution in [2.75, 3.05) is 0 Å². The molecule has 0 spiro atoms. The van der Waals surface area contributed by atoms with Gasteiger partial charge in [-0.15, -0.1) is 0 Å². The highest BCUT2D eigenvalue weighted by molar-refractivity contribution is 6.09. The maximum atomic E-state index is 10.5. The van der Waals surface area contributed by atoms with E-state index in [0.29, 0.717) is 0 Å². The zero-order valence-electron chi connectivity index (χ0n) is 4.76. The average molecular weight is 126 g/mol. The molecule has 0 amide bonds. The molecule has 0 heterocycles. The van der Waals surface area contributed by atoms with Gasteiger partial charge in [-0.25, -0.2) is 0 Å². The Kier molecular flexibility index (Phi) is 1.34. The van der Waals surface area contributed by atoms with E-state index in [4.69, 9.17) is 5.11 Å². The van der Waals surface area contributed by atoms with E-state index in [1.807, 2.05) is 0 Å². The fraction of sp³-hybridized carbons (Fsp3) is 0.333. The van der Waals surface area contributed by atoms with Gasteiger partial charge in [-0.1, -0.05) is 0 Å². The molecule has 48 valence electrons. The van der Waals surface area contributed by atoms with E-state index in [9.17, 15) is 9.59 Å².